The van der Waals surface area contributed by atoms with Crippen LogP contribution in [0.1, 0.15) is 38.9 Å². The first kappa shape index (κ1) is 10.6. The van der Waals surface area contributed by atoms with Gasteiger partial charge in [0.15, 0.2) is 0 Å². The normalized spacial score (nSPS) is 18.0. The minimum atomic E-state index is 0.608. The molecule has 84 valence electrons. The summed E-state index contributed by atoms with van der Waals surface area (Å²) in [6.07, 6.45) is 5.70. The van der Waals surface area contributed by atoms with E-state index in [-0.39, 0.29) is 0 Å². The molecule has 0 bridgehead atoms. The van der Waals surface area contributed by atoms with Crippen molar-refractivity contribution in [3.8, 4) is 0 Å². The Morgan fingerprint density at radius 2 is 2.27 bits per heavy atom. The van der Waals surface area contributed by atoms with E-state index in [2.05, 4.69) is 29.2 Å². The second-order valence-electron chi connectivity index (χ2n) is 4.45. The van der Waals surface area contributed by atoms with Crippen LogP contribution >= 0.6 is 0 Å². The van der Waals surface area contributed by atoms with Crippen molar-refractivity contribution in [1.29, 1.82) is 0 Å². The molecule has 0 atom stereocenters. The number of hydrogen-bond donors (Lipinski definition) is 1. The van der Waals surface area contributed by atoms with Crippen molar-refractivity contribution in [3.63, 3.8) is 0 Å². The molecule has 2 rings (SSSR count). The topological polar surface area (TPSA) is 42.7 Å². The van der Waals surface area contributed by atoms with Gasteiger partial charge in [-0.15, -0.1) is 0 Å². The Kier molecular flexibility index (Phi) is 3.05. The van der Waals surface area contributed by atoms with Crippen molar-refractivity contribution in [3.05, 3.63) is 12.2 Å². The monoisotopic (exact) mass is 208 g/mol. The van der Waals surface area contributed by atoms with Crippen molar-refractivity contribution in [2.45, 2.75) is 46.2 Å². The van der Waals surface area contributed by atoms with Crippen LogP contribution in [0.5, 0.6) is 0 Å². The maximum absolute atomic E-state index is 4.24. The maximum Gasteiger partial charge on any atom is 0.140 e. The maximum atomic E-state index is 4.24. The zero-order valence-electron chi connectivity index (χ0n) is 9.66. The molecule has 4 nitrogen and oxygen atoms in total. The van der Waals surface area contributed by atoms with Crippen LogP contribution < -0.4 is 5.32 Å². The second kappa shape index (κ2) is 4.31. The number of rotatable bonds is 6. The van der Waals surface area contributed by atoms with Crippen molar-refractivity contribution in [2.24, 2.45) is 5.41 Å². The number of aromatic nitrogens is 3. The number of nitrogens with one attached hydrogen (secondary N) is 1. The molecule has 0 aliphatic heterocycles. The molecule has 0 unspecified atom stereocenters. The lowest BCUT2D eigenvalue weighted by molar-refractivity contribution is 0.434. The van der Waals surface area contributed by atoms with Crippen LogP contribution in [-0.2, 0) is 13.1 Å². The fraction of sp³-hybridized carbons (Fsp3) is 0.818. The van der Waals surface area contributed by atoms with Gasteiger partial charge in [-0.05, 0) is 31.6 Å². The van der Waals surface area contributed by atoms with Crippen LogP contribution in [0.4, 0.5) is 0 Å². The molecule has 1 aromatic rings. The summed E-state index contributed by atoms with van der Waals surface area (Å²) in [5.41, 5.74) is 0.608. The summed E-state index contributed by atoms with van der Waals surface area (Å²) in [5, 5.41) is 7.64. The van der Waals surface area contributed by atoms with E-state index < -0.39 is 0 Å². The van der Waals surface area contributed by atoms with E-state index in [1.54, 1.807) is 6.33 Å². The van der Waals surface area contributed by atoms with Gasteiger partial charge in [-0.25, -0.2) is 9.67 Å². The summed E-state index contributed by atoms with van der Waals surface area (Å²) >= 11 is 0. The highest BCUT2D eigenvalue weighted by Crippen LogP contribution is 2.47. The summed E-state index contributed by atoms with van der Waals surface area (Å²) in [4.78, 5) is 4.24. The van der Waals surface area contributed by atoms with E-state index in [1.807, 2.05) is 4.68 Å². The summed E-state index contributed by atoms with van der Waals surface area (Å²) in [6.45, 7) is 7.24. The van der Waals surface area contributed by atoms with Gasteiger partial charge in [0.25, 0.3) is 0 Å². The zero-order valence-corrected chi connectivity index (χ0v) is 9.66. The Labute approximate surface area is 91.1 Å². The first-order valence-corrected chi connectivity index (χ1v) is 5.87. The first-order valence-electron chi connectivity index (χ1n) is 5.87. The van der Waals surface area contributed by atoms with Crippen LogP contribution in [0.15, 0.2) is 6.33 Å². The Balaban J connectivity index is 1.78. The lowest BCUT2D eigenvalue weighted by atomic mass is 10.0. The molecule has 1 aliphatic rings. The fourth-order valence-electron chi connectivity index (χ4n) is 1.96. The highest BCUT2D eigenvalue weighted by Gasteiger charge is 2.39. The molecule has 0 amide bonds. The predicted octanol–water partition coefficient (Wildman–Crippen LogP) is 1.58. The highest BCUT2D eigenvalue weighted by atomic mass is 15.3. The van der Waals surface area contributed by atoms with Gasteiger partial charge in [0.05, 0.1) is 6.54 Å². The van der Waals surface area contributed by atoms with Crippen LogP contribution in [0.25, 0.3) is 0 Å². The number of aryl methyl sites for hydroxylation is 1. The fourth-order valence-corrected chi connectivity index (χ4v) is 1.96. The molecular formula is C11H20N4. The van der Waals surface area contributed by atoms with Gasteiger partial charge >= 0.3 is 0 Å². The van der Waals surface area contributed by atoms with Crippen LogP contribution in [0, 0.1) is 5.41 Å². The minimum absolute atomic E-state index is 0.608. The largest absolute Gasteiger partial charge is 0.309 e. The third-order valence-corrected chi connectivity index (χ3v) is 3.49. The second-order valence-corrected chi connectivity index (χ2v) is 4.45. The quantitative estimate of drug-likeness (QED) is 0.771. The standard InChI is InChI=1S/C11H20N4/c1-3-11(5-6-11)8-12-7-10-13-9-14-15(10)4-2/h9,12H,3-8H2,1-2H3. The van der Waals surface area contributed by atoms with Gasteiger partial charge in [0.1, 0.15) is 12.2 Å². The molecule has 0 radical (unpaired) electrons. The molecule has 1 heterocycles. The van der Waals surface area contributed by atoms with Crippen LogP contribution in [-0.4, -0.2) is 21.3 Å². The molecule has 0 saturated heterocycles. The van der Waals surface area contributed by atoms with E-state index in [9.17, 15) is 0 Å². The van der Waals surface area contributed by atoms with E-state index >= 15 is 0 Å². The van der Waals surface area contributed by atoms with Crippen molar-refractivity contribution >= 4 is 0 Å². The molecular weight excluding hydrogens is 188 g/mol. The number of nitrogens with zero attached hydrogens (tertiary/aromatic N) is 3. The van der Waals surface area contributed by atoms with E-state index in [0.717, 1.165) is 25.5 Å². The molecule has 1 saturated carbocycles. The molecule has 0 spiro atoms. The van der Waals surface area contributed by atoms with Crippen LogP contribution in [0.2, 0.25) is 0 Å². The third-order valence-electron chi connectivity index (χ3n) is 3.49. The summed E-state index contributed by atoms with van der Waals surface area (Å²) < 4.78 is 1.94. The Bertz CT molecular complexity index is 314. The lowest BCUT2D eigenvalue weighted by Gasteiger charge is -2.13. The average Bonchev–Trinajstić information content (AvgIpc) is 2.90. The SMILES string of the molecule is CCn1ncnc1CNCC1(CC)CC1. The minimum Gasteiger partial charge on any atom is -0.309 e. The van der Waals surface area contributed by atoms with E-state index in [4.69, 9.17) is 0 Å². The van der Waals surface area contributed by atoms with Gasteiger partial charge < -0.3 is 5.32 Å². The summed E-state index contributed by atoms with van der Waals surface area (Å²) in [5.74, 6) is 1.05. The Morgan fingerprint density at radius 1 is 1.47 bits per heavy atom. The third kappa shape index (κ3) is 2.37. The first-order chi connectivity index (χ1) is 7.29. The van der Waals surface area contributed by atoms with Gasteiger partial charge in [-0.3, -0.25) is 0 Å². The molecule has 1 N–H and O–H groups in total. The van der Waals surface area contributed by atoms with Gasteiger partial charge in [0.2, 0.25) is 0 Å². The van der Waals surface area contributed by atoms with Crippen molar-refractivity contribution < 1.29 is 0 Å². The van der Waals surface area contributed by atoms with Crippen molar-refractivity contribution in [2.75, 3.05) is 6.54 Å². The zero-order chi connectivity index (χ0) is 10.7. The molecule has 1 aliphatic carbocycles. The molecule has 1 fully saturated rings. The highest BCUT2D eigenvalue weighted by molar-refractivity contribution is 4.94. The molecule has 15 heavy (non-hydrogen) atoms. The van der Waals surface area contributed by atoms with Gasteiger partial charge in [-0.2, -0.15) is 5.10 Å². The molecule has 0 aromatic carbocycles. The van der Waals surface area contributed by atoms with Gasteiger partial charge in [0, 0.05) is 13.1 Å². The number of hydrogen-bond acceptors (Lipinski definition) is 3. The summed E-state index contributed by atoms with van der Waals surface area (Å²) in [7, 11) is 0. The smallest absolute Gasteiger partial charge is 0.140 e. The van der Waals surface area contributed by atoms with E-state index in [1.165, 1.54) is 19.3 Å². The van der Waals surface area contributed by atoms with Crippen LogP contribution in [0.3, 0.4) is 0 Å². The lowest BCUT2D eigenvalue weighted by Crippen LogP contribution is -2.24. The average molecular weight is 208 g/mol. The molecule has 4 heteroatoms. The van der Waals surface area contributed by atoms with Crippen molar-refractivity contribution in [1.82, 2.24) is 20.1 Å². The Morgan fingerprint density at radius 3 is 2.87 bits per heavy atom. The summed E-state index contributed by atoms with van der Waals surface area (Å²) in [6, 6.07) is 0. The Hall–Kier alpha value is -0.900. The molecule has 1 aromatic heterocycles. The predicted molar refractivity (Wildman–Crippen MR) is 59.4 cm³/mol. The van der Waals surface area contributed by atoms with Gasteiger partial charge in [-0.1, -0.05) is 6.92 Å². The van der Waals surface area contributed by atoms with E-state index in [0.29, 0.717) is 5.41 Å².